The van der Waals surface area contributed by atoms with Crippen LogP contribution < -0.4 is 4.74 Å². The van der Waals surface area contributed by atoms with Crippen molar-refractivity contribution in [3.8, 4) is 5.75 Å². The molecule has 1 aromatic carbocycles. The molecule has 0 amide bonds. The summed E-state index contributed by atoms with van der Waals surface area (Å²) in [4.78, 5) is 0. The highest BCUT2D eigenvalue weighted by molar-refractivity contribution is 5.86. The maximum absolute atomic E-state index is 13.6. The molecule has 0 saturated heterocycles. The summed E-state index contributed by atoms with van der Waals surface area (Å²) >= 11 is 0. The van der Waals surface area contributed by atoms with E-state index in [2.05, 4.69) is 0 Å². The fraction of sp³-hybridized carbons (Fsp3) is 0.529. The van der Waals surface area contributed by atoms with Gasteiger partial charge >= 0.3 is 0 Å². The number of ether oxygens (including phenoxy) is 1. The Kier molecular flexibility index (Phi) is 3.95. The van der Waals surface area contributed by atoms with Crippen LogP contribution in [0.1, 0.15) is 38.5 Å². The Balaban J connectivity index is 1.68. The quantitative estimate of drug-likeness (QED) is 0.791. The molecule has 1 saturated carbocycles. The second kappa shape index (κ2) is 5.86. The third-order valence-corrected chi connectivity index (χ3v) is 4.41. The lowest BCUT2D eigenvalue weighted by Crippen LogP contribution is -2.11. The monoisotopic (exact) mass is 275 g/mol. The minimum Gasteiger partial charge on any atom is -0.491 e. The lowest BCUT2D eigenvalue weighted by Gasteiger charge is -2.21. The normalized spacial score (nSPS) is 16.7. The molecule has 0 spiro atoms. The van der Waals surface area contributed by atoms with Crippen LogP contribution in [0.5, 0.6) is 5.75 Å². The third kappa shape index (κ3) is 2.82. The fourth-order valence-corrected chi connectivity index (χ4v) is 3.29. The number of fused-ring (bicyclic) bond motifs is 1. The van der Waals surface area contributed by atoms with Crippen molar-refractivity contribution in [2.24, 2.45) is 13.0 Å². The van der Waals surface area contributed by atoms with Gasteiger partial charge in [0.2, 0.25) is 0 Å². The number of hydrogen-bond donors (Lipinski definition) is 0. The smallest absolute Gasteiger partial charge is 0.146 e. The summed E-state index contributed by atoms with van der Waals surface area (Å²) in [5, 5.41) is 0.903. The fourth-order valence-electron chi connectivity index (χ4n) is 3.29. The molecule has 2 nitrogen and oxygen atoms in total. The Hall–Kier alpha value is -1.51. The molecule has 1 heterocycles. The summed E-state index contributed by atoms with van der Waals surface area (Å²) in [6, 6.07) is 4.99. The van der Waals surface area contributed by atoms with Crippen LogP contribution in [-0.2, 0) is 7.05 Å². The third-order valence-electron chi connectivity index (χ3n) is 4.41. The average molecular weight is 275 g/mol. The Bertz CT molecular complexity index is 584. The largest absolute Gasteiger partial charge is 0.491 e. The summed E-state index contributed by atoms with van der Waals surface area (Å²) in [6.45, 7) is 0.689. The minimum absolute atomic E-state index is 0.226. The molecule has 0 radical (unpaired) electrons. The van der Waals surface area contributed by atoms with Gasteiger partial charge in [0.25, 0.3) is 0 Å². The maximum Gasteiger partial charge on any atom is 0.146 e. The predicted octanol–water partition coefficient (Wildman–Crippen LogP) is 4.67. The first-order chi connectivity index (χ1) is 9.74. The number of nitrogens with zero attached hydrogens (tertiary/aromatic N) is 1. The van der Waals surface area contributed by atoms with Crippen molar-refractivity contribution >= 4 is 10.9 Å². The molecule has 0 bridgehead atoms. The van der Waals surface area contributed by atoms with Crippen molar-refractivity contribution in [3.05, 3.63) is 30.2 Å². The molecular formula is C17H22FNO. The highest BCUT2D eigenvalue weighted by Crippen LogP contribution is 2.29. The van der Waals surface area contributed by atoms with Crippen molar-refractivity contribution in [2.45, 2.75) is 38.5 Å². The molecule has 3 rings (SSSR count). The molecular weight excluding hydrogens is 253 g/mol. The van der Waals surface area contributed by atoms with Crippen molar-refractivity contribution in [2.75, 3.05) is 6.61 Å². The second-order valence-corrected chi connectivity index (χ2v) is 5.91. The van der Waals surface area contributed by atoms with Gasteiger partial charge in [-0.3, -0.25) is 0 Å². The van der Waals surface area contributed by atoms with Gasteiger partial charge in [0.05, 0.1) is 12.1 Å². The van der Waals surface area contributed by atoms with Crippen LogP contribution in [-0.4, -0.2) is 11.2 Å². The van der Waals surface area contributed by atoms with Crippen molar-refractivity contribution < 1.29 is 9.13 Å². The van der Waals surface area contributed by atoms with Gasteiger partial charge in [-0.25, -0.2) is 4.39 Å². The lowest BCUT2D eigenvalue weighted by molar-refractivity contribution is 0.247. The van der Waals surface area contributed by atoms with Gasteiger partial charge in [0, 0.05) is 24.7 Å². The first-order valence-electron chi connectivity index (χ1n) is 7.61. The summed E-state index contributed by atoms with van der Waals surface area (Å²) in [6.07, 6.45) is 9.77. The van der Waals surface area contributed by atoms with E-state index in [0.29, 0.717) is 12.4 Å². The average Bonchev–Trinajstić information content (AvgIpc) is 2.81. The SMILES string of the molecule is Cn1ccc2cc(F)cc(OCCC3CCCCC3)c21. The predicted molar refractivity (Wildman–Crippen MR) is 79.6 cm³/mol. The van der Waals surface area contributed by atoms with Crippen LogP contribution in [0, 0.1) is 11.7 Å². The molecule has 0 unspecified atom stereocenters. The number of hydrogen-bond acceptors (Lipinski definition) is 1. The van der Waals surface area contributed by atoms with E-state index in [0.717, 1.165) is 23.2 Å². The lowest BCUT2D eigenvalue weighted by atomic mass is 9.87. The number of aryl methyl sites for hydroxylation is 1. The van der Waals surface area contributed by atoms with Gasteiger partial charge in [-0.1, -0.05) is 32.1 Å². The topological polar surface area (TPSA) is 14.2 Å². The van der Waals surface area contributed by atoms with E-state index in [9.17, 15) is 4.39 Å². The molecule has 1 aromatic heterocycles. The summed E-state index contributed by atoms with van der Waals surface area (Å²) < 4.78 is 21.5. The number of rotatable bonds is 4. The number of benzene rings is 1. The van der Waals surface area contributed by atoms with Gasteiger partial charge in [-0.05, 0) is 24.5 Å². The highest BCUT2D eigenvalue weighted by Gasteiger charge is 2.14. The second-order valence-electron chi connectivity index (χ2n) is 5.91. The first-order valence-corrected chi connectivity index (χ1v) is 7.61. The first kappa shape index (κ1) is 13.5. The summed E-state index contributed by atoms with van der Waals surface area (Å²) in [7, 11) is 1.97. The Labute approximate surface area is 119 Å². The zero-order chi connectivity index (χ0) is 13.9. The standard InChI is InChI=1S/C17H22FNO/c1-19-9-7-14-11-15(18)12-16(17(14)19)20-10-8-13-5-3-2-4-6-13/h7,9,11-13H,2-6,8,10H2,1H3. The van der Waals surface area contributed by atoms with Crippen LogP contribution in [0.3, 0.4) is 0 Å². The summed E-state index contributed by atoms with van der Waals surface area (Å²) in [5.41, 5.74) is 0.982. The molecule has 0 N–H and O–H groups in total. The van der Waals surface area contributed by atoms with E-state index in [-0.39, 0.29) is 5.82 Å². The minimum atomic E-state index is -0.226. The molecule has 108 valence electrons. The van der Waals surface area contributed by atoms with Crippen molar-refractivity contribution in [1.29, 1.82) is 0 Å². The molecule has 20 heavy (non-hydrogen) atoms. The maximum atomic E-state index is 13.6. The zero-order valence-electron chi connectivity index (χ0n) is 12.1. The number of aromatic nitrogens is 1. The van der Waals surface area contributed by atoms with Gasteiger partial charge in [0.1, 0.15) is 11.6 Å². The Morgan fingerprint density at radius 3 is 2.85 bits per heavy atom. The zero-order valence-corrected chi connectivity index (χ0v) is 12.1. The van der Waals surface area contributed by atoms with E-state index >= 15 is 0 Å². The van der Waals surface area contributed by atoms with Gasteiger partial charge < -0.3 is 9.30 Å². The summed E-state index contributed by atoms with van der Waals surface area (Å²) in [5.74, 6) is 1.24. The van der Waals surface area contributed by atoms with Crippen LogP contribution in [0.25, 0.3) is 10.9 Å². The van der Waals surface area contributed by atoms with Crippen LogP contribution in [0.15, 0.2) is 24.4 Å². The van der Waals surface area contributed by atoms with E-state index in [1.807, 2.05) is 23.9 Å². The van der Waals surface area contributed by atoms with Crippen LogP contribution in [0.4, 0.5) is 4.39 Å². The molecule has 3 heteroatoms. The van der Waals surface area contributed by atoms with Crippen LogP contribution in [0.2, 0.25) is 0 Å². The van der Waals surface area contributed by atoms with E-state index in [1.165, 1.54) is 38.2 Å². The van der Waals surface area contributed by atoms with Gasteiger partial charge in [0.15, 0.2) is 0 Å². The van der Waals surface area contributed by atoms with E-state index in [4.69, 9.17) is 4.74 Å². The van der Waals surface area contributed by atoms with Crippen molar-refractivity contribution in [3.63, 3.8) is 0 Å². The molecule has 1 aliphatic rings. The van der Waals surface area contributed by atoms with Crippen LogP contribution >= 0.6 is 0 Å². The highest BCUT2D eigenvalue weighted by atomic mass is 19.1. The molecule has 2 aromatic rings. The van der Waals surface area contributed by atoms with E-state index in [1.54, 1.807) is 6.07 Å². The van der Waals surface area contributed by atoms with Gasteiger partial charge in [-0.15, -0.1) is 0 Å². The van der Waals surface area contributed by atoms with Crippen molar-refractivity contribution in [1.82, 2.24) is 4.57 Å². The molecule has 0 atom stereocenters. The number of halogens is 1. The molecule has 1 fully saturated rings. The Morgan fingerprint density at radius 2 is 2.05 bits per heavy atom. The van der Waals surface area contributed by atoms with Gasteiger partial charge in [-0.2, -0.15) is 0 Å². The molecule has 0 aliphatic heterocycles. The Morgan fingerprint density at radius 1 is 1.25 bits per heavy atom. The van der Waals surface area contributed by atoms with E-state index < -0.39 is 0 Å². The molecule has 1 aliphatic carbocycles.